The number of hydrogen-bond donors (Lipinski definition) is 0. The van der Waals surface area contributed by atoms with Crippen molar-refractivity contribution in [3.8, 4) is 0 Å². The summed E-state index contributed by atoms with van der Waals surface area (Å²) in [6.45, 7) is 10.3. The molecule has 0 aliphatic heterocycles. The number of rotatable bonds is 8. The second-order valence-electron chi connectivity index (χ2n) is 3.17. The first-order valence-corrected chi connectivity index (χ1v) is 6.59. The lowest BCUT2D eigenvalue weighted by atomic mass is 10.1. The highest BCUT2D eigenvalue weighted by molar-refractivity contribution is 7.48. The molecule has 0 amide bonds. The number of Topliss-reactive ketones (excluding diaryl/α,β-unsaturated/α-hetero) is 1. The van der Waals surface area contributed by atoms with Crippen molar-refractivity contribution in [1.29, 1.82) is 0 Å². The molecule has 0 bridgehead atoms. The monoisotopic (exact) mass is 250 g/mol. The second kappa shape index (κ2) is 6.97. The van der Waals surface area contributed by atoms with E-state index < -0.39 is 13.9 Å². The summed E-state index contributed by atoms with van der Waals surface area (Å²) in [5.41, 5.74) is 0.340. The molecule has 0 N–H and O–H groups in total. The van der Waals surface area contributed by atoms with Gasteiger partial charge in [-0.25, -0.2) is 4.57 Å². The number of ketones is 1. The summed E-state index contributed by atoms with van der Waals surface area (Å²) in [4.78, 5) is 11.5. The molecule has 5 nitrogen and oxygen atoms in total. The molecule has 0 fully saturated rings. The molecule has 94 valence electrons. The lowest BCUT2D eigenvalue weighted by Gasteiger charge is -2.19. The second-order valence-corrected chi connectivity index (χ2v) is 4.80. The van der Waals surface area contributed by atoms with Crippen molar-refractivity contribution in [3.63, 3.8) is 0 Å². The van der Waals surface area contributed by atoms with Crippen LogP contribution in [0.15, 0.2) is 12.2 Å². The minimum absolute atomic E-state index is 0.186. The third-order valence-electron chi connectivity index (χ3n) is 1.65. The van der Waals surface area contributed by atoms with Crippen molar-refractivity contribution in [2.75, 3.05) is 13.2 Å². The molecule has 0 heterocycles. The van der Waals surface area contributed by atoms with Crippen LogP contribution in [0.2, 0.25) is 0 Å². The van der Waals surface area contributed by atoms with Gasteiger partial charge in [-0.1, -0.05) is 6.58 Å². The van der Waals surface area contributed by atoms with Gasteiger partial charge in [0, 0.05) is 0 Å². The molecular formula is C10H19O5P. The van der Waals surface area contributed by atoms with Gasteiger partial charge in [-0.05, 0) is 33.3 Å². The van der Waals surface area contributed by atoms with Crippen LogP contribution in [0.3, 0.4) is 0 Å². The van der Waals surface area contributed by atoms with Crippen LogP contribution in [0, 0.1) is 0 Å². The molecule has 1 atom stereocenters. The van der Waals surface area contributed by atoms with Gasteiger partial charge in [-0.15, -0.1) is 0 Å². The summed E-state index contributed by atoms with van der Waals surface area (Å²) in [5, 5.41) is 0. The standard InChI is InChI=1S/C10H19O5P/c1-6-13-16(12,14-7-2)15-9(5)10(11)8(3)4/h9H,3,6-7H2,1-2,4-5H3. The van der Waals surface area contributed by atoms with E-state index in [4.69, 9.17) is 13.6 Å². The molecule has 0 rings (SSSR count). The summed E-state index contributed by atoms with van der Waals surface area (Å²) in [6, 6.07) is 0. The van der Waals surface area contributed by atoms with Gasteiger partial charge in [0.05, 0.1) is 13.2 Å². The Bertz CT molecular complexity index is 290. The van der Waals surface area contributed by atoms with Gasteiger partial charge in [0.25, 0.3) is 0 Å². The first kappa shape index (κ1) is 15.5. The molecule has 6 heteroatoms. The van der Waals surface area contributed by atoms with E-state index in [1.807, 2.05) is 0 Å². The fourth-order valence-corrected chi connectivity index (χ4v) is 2.31. The number of phosphoric acid groups is 1. The number of phosphoric ester groups is 1. The van der Waals surface area contributed by atoms with Gasteiger partial charge in [-0.3, -0.25) is 18.4 Å². The summed E-state index contributed by atoms with van der Waals surface area (Å²) >= 11 is 0. The summed E-state index contributed by atoms with van der Waals surface area (Å²) in [5.74, 6) is -0.320. The minimum Gasteiger partial charge on any atom is -0.292 e. The van der Waals surface area contributed by atoms with Crippen molar-refractivity contribution in [2.24, 2.45) is 0 Å². The van der Waals surface area contributed by atoms with Gasteiger partial charge < -0.3 is 0 Å². The van der Waals surface area contributed by atoms with Gasteiger partial charge in [0.15, 0.2) is 5.78 Å². The number of carbonyl (C=O) groups excluding carboxylic acids is 1. The van der Waals surface area contributed by atoms with Gasteiger partial charge in [0.2, 0.25) is 0 Å². The molecular weight excluding hydrogens is 231 g/mol. The van der Waals surface area contributed by atoms with Crippen molar-refractivity contribution in [2.45, 2.75) is 33.8 Å². The smallest absolute Gasteiger partial charge is 0.292 e. The summed E-state index contributed by atoms with van der Waals surface area (Å²) in [6.07, 6.45) is -0.888. The molecule has 0 aliphatic carbocycles. The van der Waals surface area contributed by atoms with Crippen LogP contribution >= 0.6 is 7.82 Å². The molecule has 16 heavy (non-hydrogen) atoms. The van der Waals surface area contributed by atoms with Crippen LogP contribution < -0.4 is 0 Å². The van der Waals surface area contributed by atoms with Gasteiger partial charge in [-0.2, -0.15) is 0 Å². The topological polar surface area (TPSA) is 61.8 Å². The Kier molecular flexibility index (Phi) is 6.76. The molecule has 0 radical (unpaired) electrons. The highest BCUT2D eigenvalue weighted by atomic mass is 31.2. The Morgan fingerprint density at radius 2 is 1.75 bits per heavy atom. The van der Waals surface area contributed by atoms with Crippen molar-refractivity contribution >= 4 is 13.6 Å². The molecule has 0 saturated heterocycles. The maximum Gasteiger partial charge on any atom is 0.475 e. The van der Waals surface area contributed by atoms with Crippen LogP contribution in [0.5, 0.6) is 0 Å². The highest BCUT2D eigenvalue weighted by Crippen LogP contribution is 2.50. The Labute approximate surface area is 96.4 Å². The van der Waals surface area contributed by atoms with Crippen LogP contribution in [0.25, 0.3) is 0 Å². The van der Waals surface area contributed by atoms with E-state index >= 15 is 0 Å². The average Bonchev–Trinajstić information content (AvgIpc) is 2.16. The van der Waals surface area contributed by atoms with Gasteiger partial charge >= 0.3 is 7.82 Å². The Hall–Kier alpha value is -0.480. The molecule has 0 saturated carbocycles. The largest absolute Gasteiger partial charge is 0.475 e. The Balaban J connectivity index is 4.57. The molecule has 0 aromatic rings. The predicted octanol–water partition coefficient (Wildman–Crippen LogP) is 2.72. The Morgan fingerprint density at radius 3 is 2.06 bits per heavy atom. The molecule has 0 aromatic heterocycles. The zero-order valence-electron chi connectivity index (χ0n) is 10.2. The number of carbonyl (C=O) groups is 1. The lowest BCUT2D eigenvalue weighted by Crippen LogP contribution is -2.21. The van der Waals surface area contributed by atoms with E-state index in [1.165, 1.54) is 6.92 Å². The minimum atomic E-state index is -3.63. The SMILES string of the molecule is C=C(C)C(=O)C(C)OP(=O)(OCC)OCC. The number of hydrogen-bond acceptors (Lipinski definition) is 5. The zero-order chi connectivity index (χ0) is 12.8. The third kappa shape index (κ3) is 5.03. The average molecular weight is 250 g/mol. The quantitative estimate of drug-likeness (QED) is 0.489. The van der Waals surface area contributed by atoms with Gasteiger partial charge in [0.1, 0.15) is 6.10 Å². The molecule has 1 unspecified atom stereocenters. The van der Waals surface area contributed by atoms with Crippen molar-refractivity contribution < 1.29 is 22.9 Å². The Morgan fingerprint density at radius 1 is 1.31 bits per heavy atom. The fraction of sp³-hybridized carbons (Fsp3) is 0.700. The van der Waals surface area contributed by atoms with E-state index in [1.54, 1.807) is 20.8 Å². The summed E-state index contributed by atoms with van der Waals surface area (Å²) in [7, 11) is -3.63. The van der Waals surface area contributed by atoms with E-state index in [0.717, 1.165) is 0 Å². The fourth-order valence-electron chi connectivity index (χ4n) is 1.00. The maximum atomic E-state index is 11.9. The van der Waals surface area contributed by atoms with Crippen molar-refractivity contribution in [1.82, 2.24) is 0 Å². The molecule has 0 aliphatic rings. The zero-order valence-corrected chi connectivity index (χ0v) is 11.1. The summed E-state index contributed by atoms with van der Waals surface area (Å²) < 4.78 is 26.7. The van der Waals surface area contributed by atoms with Crippen LogP contribution in [-0.2, 0) is 22.9 Å². The van der Waals surface area contributed by atoms with Crippen LogP contribution in [-0.4, -0.2) is 25.1 Å². The lowest BCUT2D eigenvalue weighted by molar-refractivity contribution is -0.122. The normalized spacial score (nSPS) is 13.5. The first-order valence-electron chi connectivity index (χ1n) is 5.13. The maximum absolute atomic E-state index is 11.9. The van der Waals surface area contributed by atoms with E-state index in [-0.39, 0.29) is 19.0 Å². The third-order valence-corrected chi connectivity index (χ3v) is 3.37. The van der Waals surface area contributed by atoms with E-state index in [2.05, 4.69) is 6.58 Å². The molecule has 0 aromatic carbocycles. The molecule has 0 spiro atoms. The van der Waals surface area contributed by atoms with Crippen LogP contribution in [0.1, 0.15) is 27.7 Å². The predicted molar refractivity (Wildman–Crippen MR) is 61.2 cm³/mol. The van der Waals surface area contributed by atoms with Crippen molar-refractivity contribution in [3.05, 3.63) is 12.2 Å². The van der Waals surface area contributed by atoms with Crippen LogP contribution in [0.4, 0.5) is 0 Å². The van der Waals surface area contributed by atoms with E-state index in [0.29, 0.717) is 5.57 Å². The van der Waals surface area contributed by atoms with E-state index in [9.17, 15) is 9.36 Å². The highest BCUT2D eigenvalue weighted by Gasteiger charge is 2.31. The first-order chi connectivity index (χ1) is 7.36.